The number of methoxy groups -OCH3 is 1. The molecule has 148 valence electrons. The zero-order valence-electron chi connectivity index (χ0n) is 15.7. The van der Waals surface area contributed by atoms with Gasteiger partial charge in [0, 0.05) is 25.2 Å². The first-order valence-electron chi connectivity index (χ1n) is 9.10. The lowest BCUT2D eigenvalue weighted by atomic mass is 9.74. The highest BCUT2D eigenvalue weighted by Crippen LogP contribution is 2.34. The lowest BCUT2D eigenvalue weighted by Gasteiger charge is -2.37. The largest absolute Gasteiger partial charge is 0.495 e. The van der Waals surface area contributed by atoms with Crippen LogP contribution in [0.5, 0.6) is 5.75 Å². The minimum Gasteiger partial charge on any atom is -0.495 e. The van der Waals surface area contributed by atoms with Crippen molar-refractivity contribution in [2.24, 2.45) is 0 Å². The van der Waals surface area contributed by atoms with E-state index in [4.69, 9.17) is 9.47 Å². The molecule has 1 heterocycles. The van der Waals surface area contributed by atoms with Crippen molar-refractivity contribution in [1.29, 1.82) is 0 Å². The number of halogens is 1. The average molecular weight is 386 g/mol. The quantitative estimate of drug-likeness (QED) is 0.775. The number of amides is 2. The molecular formula is C21H23FN2O4. The zero-order chi connectivity index (χ0) is 20.0. The number of nitrogens with one attached hydrogen (secondary N) is 2. The number of rotatable bonds is 5. The predicted octanol–water partition coefficient (Wildman–Crippen LogP) is 2.64. The molecule has 0 radical (unpaired) electrons. The third-order valence-electron chi connectivity index (χ3n) is 5.06. The molecule has 3 rings (SSSR count). The fourth-order valence-electron chi connectivity index (χ4n) is 3.39. The Kier molecular flexibility index (Phi) is 6.26. The third kappa shape index (κ3) is 4.48. The van der Waals surface area contributed by atoms with E-state index in [0.717, 1.165) is 5.56 Å². The maximum absolute atomic E-state index is 13.3. The number of hydrogen-bond acceptors (Lipinski definition) is 4. The molecular weight excluding hydrogens is 363 g/mol. The van der Waals surface area contributed by atoms with Gasteiger partial charge in [0.2, 0.25) is 0 Å². The van der Waals surface area contributed by atoms with Crippen LogP contribution in [0.25, 0.3) is 0 Å². The maximum Gasteiger partial charge on any atom is 0.313 e. The van der Waals surface area contributed by atoms with Crippen molar-refractivity contribution in [3.8, 4) is 5.75 Å². The predicted molar refractivity (Wildman–Crippen MR) is 103 cm³/mol. The van der Waals surface area contributed by atoms with E-state index in [0.29, 0.717) is 37.5 Å². The van der Waals surface area contributed by atoms with Gasteiger partial charge >= 0.3 is 11.8 Å². The van der Waals surface area contributed by atoms with Crippen LogP contribution in [0.3, 0.4) is 0 Å². The van der Waals surface area contributed by atoms with Gasteiger partial charge in [-0.25, -0.2) is 4.39 Å². The molecule has 0 aliphatic carbocycles. The Morgan fingerprint density at radius 3 is 2.43 bits per heavy atom. The van der Waals surface area contributed by atoms with Gasteiger partial charge in [0.15, 0.2) is 0 Å². The standard InChI is InChI=1S/C21H23FN2O4/c1-27-18-5-3-2-4-17(18)24-20(26)19(25)23-14-21(10-12-28-13-11-21)15-6-8-16(22)9-7-15/h2-9H,10-14H2,1H3,(H,23,25)(H,24,26). The number of ether oxygens (including phenoxy) is 2. The Morgan fingerprint density at radius 1 is 1.07 bits per heavy atom. The molecule has 0 aromatic heterocycles. The van der Waals surface area contributed by atoms with Crippen LogP contribution in [0, 0.1) is 5.82 Å². The summed E-state index contributed by atoms with van der Waals surface area (Å²) in [7, 11) is 1.49. The lowest BCUT2D eigenvalue weighted by molar-refractivity contribution is -0.136. The molecule has 0 saturated carbocycles. The van der Waals surface area contributed by atoms with Crippen molar-refractivity contribution in [3.05, 3.63) is 59.9 Å². The van der Waals surface area contributed by atoms with Crippen molar-refractivity contribution < 1.29 is 23.5 Å². The summed E-state index contributed by atoms with van der Waals surface area (Å²) in [4.78, 5) is 24.6. The molecule has 2 N–H and O–H groups in total. The minimum absolute atomic E-state index is 0.264. The molecule has 1 aliphatic heterocycles. The van der Waals surface area contributed by atoms with E-state index in [1.165, 1.54) is 19.2 Å². The van der Waals surface area contributed by atoms with Gasteiger partial charge in [0.1, 0.15) is 11.6 Å². The van der Waals surface area contributed by atoms with E-state index in [-0.39, 0.29) is 12.4 Å². The summed E-state index contributed by atoms with van der Waals surface area (Å²) in [5, 5.41) is 5.28. The Labute approximate surface area is 163 Å². The van der Waals surface area contributed by atoms with Crippen LogP contribution < -0.4 is 15.4 Å². The molecule has 2 aromatic rings. The Hall–Kier alpha value is -2.93. The van der Waals surface area contributed by atoms with Crippen LogP contribution in [0.1, 0.15) is 18.4 Å². The van der Waals surface area contributed by atoms with Gasteiger partial charge in [0.25, 0.3) is 0 Å². The Balaban J connectivity index is 1.68. The molecule has 0 unspecified atom stereocenters. The molecule has 1 saturated heterocycles. The van der Waals surface area contributed by atoms with Gasteiger partial charge in [-0.05, 0) is 42.7 Å². The fourth-order valence-corrected chi connectivity index (χ4v) is 3.39. The second-order valence-electron chi connectivity index (χ2n) is 6.74. The monoisotopic (exact) mass is 386 g/mol. The first kappa shape index (κ1) is 19.8. The highest BCUT2D eigenvalue weighted by molar-refractivity contribution is 6.39. The molecule has 0 atom stereocenters. The van der Waals surface area contributed by atoms with Gasteiger partial charge in [-0.15, -0.1) is 0 Å². The molecule has 2 aromatic carbocycles. The molecule has 2 amide bonds. The van der Waals surface area contributed by atoms with Crippen LogP contribution in [0.15, 0.2) is 48.5 Å². The number of anilines is 1. The first-order valence-corrected chi connectivity index (χ1v) is 9.10. The summed E-state index contributed by atoms with van der Waals surface area (Å²) in [6, 6.07) is 13.1. The van der Waals surface area contributed by atoms with Crippen LogP contribution in [0.4, 0.5) is 10.1 Å². The number of carbonyl (C=O) groups excluding carboxylic acids is 2. The van der Waals surface area contributed by atoms with Crippen LogP contribution in [-0.2, 0) is 19.7 Å². The molecule has 1 aliphatic rings. The number of benzene rings is 2. The summed E-state index contributed by atoms with van der Waals surface area (Å²) >= 11 is 0. The van der Waals surface area contributed by atoms with Gasteiger partial charge in [-0.1, -0.05) is 24.3 Å². The van der Waals surface area contributed by atoms with E-state index in [9.17, 15) is 14.0 Å². The summed E-state index contributed by atoms with van der Waals surface area (Å²) < 4.78 is 23.9. The Morgan fingerprint density at radius 2 is 1.75 bits per heavy atom. The number of para-hydroxylation sites is 2. The first-order chi connectivity index (χ1) is 13.5. The highest BCUT2D eigenvalue weighted by Gasteiger charge is 2.35. The summed E-state index contributed by atoms with van der Waals surface area (Å²) in [5.74, 6) is -1.35. The van der Waals surface area contributed by atoms with Gasteiger partial charge in [-0.2, -0.15) is 0 Å². The second kappa shape index (κ2) is 8.84. The fraction of sp³-hybridized carbons (Fsp3) is 0.333. The normalized spacial score (nSPS) is 15.5. The second-order valence-corrected chi connectivity index (χ2v) is 6.74. The number of hydrogen-bond donors (Lipinski definition) is 2. The van der Waals surface area contributed by atoms with Crippen molar-refractivity contribution in [2.45, 2.75) is 18.3 Å². The molecule has 7 heteroatoms. The molecule has 6 nitrogen and oxygen atoms in total. The third-order valence-corrected chi connectivity index (χ3v) is 5.06. The highest BCUT2D eigenvalue weighted by atomic mass is 19.1. The molecule has 1 fully saturated rings. The van der Waals surface area contributed by atoms with E-state index in [1.807, 2.05) is 0 Å². The average Bonchev–Trinajstić information content (AvgIpc) is 2.73. The molecule has 28 heavy (non-hydrogen) atoms. The van der Waals surface area contributed by atoms with E-state index >= 15 is 0 Å². The summed E-state index contributed by atoms with van der Waals surface area (Å²) in [6.07, 6.45) is 1.35. The summed E-state index contributed by atoms with van der Waals surface area (Å²) in [6.45, 7) is 1.35. The van der Waals surface area contributed by atoms with Crippen molar-refractivity contribution in [2.75, 3.05) is 32.2 Å². The van der Waals surface area contributed by atoms with E-state index in [2.05, 4.69) is 10.6 Å². The van der Waals surface area contributed by atoms with Gasteiger partial charge in [-0.3, -0.25) is 9.59 Å². The smallest absolute Gasteiger partial charge is 0.313 e. The summed E-state index contributed by atoms with van der Waals surface area (Å²) in [5.41, 5.74) is 0.943. The molecule has 0 bridgehead atoms. The lowest BCUT2D eigenvalue weighted by Crippen LogP contribution is -2.47. The van der Waals surface area contributed by atoms with E-state index < -0.39 is 17.2 Å². The van der Waals surface area contributed by atoms with Crippen LogP contribution in [-0.4, -0.2) is 38.7 Å². The van der Waals surface area contributed by atoms with Crippen molar-refractivity contribution in [3.63, 3.8) is 0 Å². The topological polar surface area (TPSA) is 76.7 Å². The number of carbonyl (C=O) groups is 2. The SMILES string of the molecule is COc1ccccc1NC(=O)C(=O)NCC1(c2ccc(F)cc2)CCOCC1. The molecule has 0 spiro atoms. The van der Waals surface area contributed by atoms with Gasteiger partial charge in [0.05, 0.1) is 12.8 Å². The van der Waals surface area contributed by atoms with Crippen LogP contribution in [0.2, 0.25) is 0 Å². The van der Waals surface area contributed by atoms with E-state index in [1.54, 1.807) is 36.4 Å². The maximum atomic E-state index is 13.3. The zero-order valence-corrected chi connectivity index (χ0v) is 15.7. The van der Waals surface area contributed by atoms with Crippen molar-refractivity contribution >= 4 is 17.5 Å². The minimum atomic E-state index is -0.772. The Bertz CT molecular complexity index is 833. The van der Waals surface area contributed by atoms with Crippen LogP contribution >= 0.6 is 0 Å². The van der Waals surface area contributed by atoms with Crippen molar-refractivity contribution in [1.82, 2.24) is 5.32 Å². The van der Waals surface area contributed by atoms with Gasteiger partial charge < -0.3 is 20.1 Å².